The number of para-hydroxylation sites is 1. The highest BCUT2D eigenvalue weighted by Gasteiger charge is 2.45. The minimum absolute atomic E-state index is 0.116. The highest BCUT2D eigenvalue weighted by molar-refractivity contribution is 7.17. The van der Waals surface area contributed by atoms with E-state index in [1.807, 2.05) is 30.3 Å². The van der Waals surface area contributed by atoms with Crippen LogP contribution in [0, 0.1) is 11.2 Å². The lowest BCUT2D eigenvalue weighted by atomic mass is 9.73. The predicted molar refractivity (Wildman–Crippen MR) is 198 cm³/mol. The normalized spacial score (nSPS) is 16.0. The molecule has 9 nitrogen and oxygen atoms in total. The molecule has 2 aromatic heterocycles. The SMILES string of the molecule is O=C(Nc1ccc(F)cc1Cl)c1cc2c(s1)-c1ccccc1N(C(=O)c1ccc(NC(=O)c3cccnc3N3CC4(CCOCC4)C3)cc1)CC2. The van der Waals surface area contributed by atoms with Gasteiger partial charge in [0, 0.05) is 66.2 Å². The summed E-state index contributed by atoms with van der Waals surface area (Å²) in [5.74, 6) is -0.583. The zero-order valence-electron chi connectivity index (χ0n) is 27.5. The van der Waals surface area contributed by atoms with Crippen molar-refractivity contribution in [1.29, 1.82) is 0 Å². The van der Waals surface area contributed by atoms with Crippen LogP contribution in [0.25, 0.3) is 10.4 Å². The van der Waals surface area contributed by atoms with Gasteiger partial charge in [0.15, 0.2) is 0 Å². The number of ether oxygens (including phenoxy) is 1. The Hall–Kier alpha value is -5.10. The van der Waals surface area contributed by atoms with Gasteiger partial charge in [0.05, 0.1) is 26.8 Å². The maximum absolute atomic E-state index is 14.0. The number of anilines is 4. The standard InChI is InChI=1S/C39H33ClFN5O4S/c40-30-21-26(41)9-12-31(30)44-37(48)33-20-25-13-17-46(32-6-2-1-4-28(32)34(25)51-33)38(49)24-7-10-27(11-8-24)43-36(47)29-5-3-16-42-35(29)45-22-39(23-45)14-18-50-19-15-39/h1-12,16,20-21H,13-15,17-19,22-23H2,(H,43,47)(H,44,48). The fraction of sp³-hybridized carbons (Fsp3) is 0.231. The molecule has 8 rings (SSSR count). The van der Waals surface area contributed by atoms with E-state index in [1.54, 1.807) is 47.5 Å². The quantitative estimate of drug-likeness (QED) is 0.185. The third-order valence-electron chi connectivity index (χ3n) is 9.83. The summed E-state index contributed by atoms with van der Waals surface area (Å²) in [6.45, 7) is 3.68. The van der Waals surface area contributed by atoms with Crippen LogP contribution in [0.15, 0.2) is 91.1 Å². The average Bonchev–Trinajstić information content (AvgIpc) is 3.50. The maximum atomic E-state index is 14.0. The van der Waals surface area contributed by atoms with Crippen LogP contribution in [-0.2, 0) is 11.2 Å². The van der Waals surface area contributed by atoms with Gasteiger partial charge in [-0.15, -0.1) is 11.3 Å². The van der Waals surface area contributed by atoms with E-state index in [-0.39, 0.29) is 28.2 Å². The Morgan fingerprint density at radius 1 is 0.902 bits per heavy atom. The first-order valence-corrected chi connectivity index (χ1v) is 18.0. The van der Waals surface area contributed by atoms with Crippen LogP contribution in [0.4, 0.5) is 27.3 Å². The molecule has 0 unspecified atom stereocenters. The van der Waals surface area contributed by atoms with Crippen LogP contribution in [0.5, 0.6) is 0 Å². The number of benzene rings is 3. The Balaban J connectivity index is 0.964. The second-order valence-corrected chi connectivity index (χ2v) is 14.6. The smallest absolute Gasteiger partial charge is 0.265 e. The Bertz CT molecular complexity index is 2160. The van der Waals surface area contributed by atoms with Crippen molar-refractivity contribution in [2.75, 3.05) is 53.3 Å². The summed E-state index contributed by atoms with van der Waals surface area (Å²) in [4.78, 5) is 50.5. The first kappa shape index (κ1) is 33.1. The molecular weight excluding hydrogens is 689 g/mol. The highest BCUT2D eigenvalue weighted by Crippen LogP contribution is 2.43. The molecule has 0 saturated carbocycles. The molecule has 258 valence electrons. The largest absolute Gasteiger partial charge is 0.381 e. The van der Waals surface area contributed by atoms with Gasteiger partial charge in [0.2, 0.25) is 0 Å². The molecule has 1 spiro atoms. The number of nitrogens with zero attached hydrogens (tertiary/aromatic N) is 3. The van der Waals surface area contributed by atoms with Crippen LogP contribution < -0.4 is 20.4 Å². The molecule has 0 radical (unpaired) electrons. The van der Waals surface area contributed by atoms with Crippen molar-refractivity contribution in [3.63, 3.8) is 0 Å². The van der Waals surface area contributed by atoms with Gasteiger partial charge in [-0.05, 0) is 91.6 Å². The Labute approximate surface area is 303 Å². The highest BCUT2D eigenvalue weighted by atomic mass is 35.5. The third kappa shape index (κ3) is 6.48. The molecule has 5 aromatic rings. The minimum atomic E-state index is -0.486. The molecule has 0 aliphatic carbocycles. The Kier molecular flexibility index (Phi) is 8.79. The number of nitrogens with one attached hydrogen (secondary N) is 2. The number of hydrogen-bond acceptors (Lipinski definition) is 7. The summed E-state index contributed by atoms with van der Waals surface area (Å²) in [6, 6.07) is 23.8. The van der Waals surface area contributed by atoms with E-state index < -0.39 is 5.82 Å². The topological polar surface area (TPSA) is 104 Å². The number of carbonyl (C=O) groups is 3. The van der Waals surface area contributed by atoms with Gasteiger partial charge in [0.1, 0.15) is 11.6 Å². The van der Waals surface area contributed by atoms with Crippen molar-refractivity contribution < 1.29 is 23.5 Å². The Morgan fingerprint density at radius 3 is 2.47 bits per heavy atom. The van der Waals surface area contributed by atoms with E-state index in [0.717, 1.165) is 66.9 Å². The summed E-state index contributed by atoms with van der Waals surface area (Å²) < 4.78 is 19.1. The molecule has 12 heteroatoms. The van der Waals surface area contributed by atoms with Gasteiger partial charge in [-0.1, -0.05) is 29.8 Å². The van der Waals surface area contributed by atoms with Gasteiger partial charge in [0.25, 0.3) is 17.7 Å². The van der Waals surface area contributed by atoms with Crippen LogP contribution >= 0.6 is 22.9 Å². The number of thiophene rings is 1. The van der Waals surface area contributed by atoms with Crippen LogP contribution in [0.2, 0.25) is 5.02 Å². The van der Waals surface area contributed by atoms with Crippen molar-refractivity contribution in [2.45, 2.75) is 19.3 Å². The zero-order valence-corrected chi connectivity index (χ0v) is 29.0. The van der Waals surface area contributed by atoms with Crippen molar-refractivity contribution in [3.8, 4) is 10.4 Å². The lowest BCUT2D eigenvalue weighted by Gasteiger charge is -2.53. The summed E-state index contributed by atoms with van der Waals surface area (Å²) in [7, 11) is 0. The number of carbonyl (C=O) groups excluding carboxylic acids is 3. The fourth-order valence-electron chi connectivity index (χ4n) is 7.10. The zero-order chi connectivity index (χ0) is 35.1. The predicted octanol–water partition coefficient (Wildman–Crippen LogP) is 7.93. The molecule has 51 heavy (non-hydrogen) atoms. The van der Waals surface area contributed by atoms with E-state index in [4.69, 9.17) is 16.3 Å². The van der Waals surface area contributed by atoms with Gasteiger partial charge >= 0.3 is 0 Å². The molecule has 2 fully saturated rings. The maximum Gasteiger partial charge on any atom is 0.265 e. The molecule has 3 aliphatic heterocycles. The van der Waals surface area contributed by atoms with Crippen LogP contribution in [0.3, 0.4) is 0 Å². The first-order chi connectivity index (χ1) is 24.8. The van der Waals surface area contributed by atoms with Crippen molar-refractivity contribution >= 4 is 63.5 Å². The summed E-state index contributed by atoms with van der Waals surface area (Å²) in [6.07, 6.45) is 4.29. The van der Waals surface area contributed by atoms with Crippen molar-refractivity contribution in [2.24, 2.45) is 5.41 Å². The first-order valence-electron chi connectivity index (χ1n) is 16.8. The molecule has 0 bridgehead atoms. The third-order valence-corrected chi connectivity index (χ3v) is 11.4. The number of fused-ring (bicyclic) bond motifs is 3. The number of amides is 3. The molecular formula is C39H33ClFN5O4S. The van der Waals surface area contributed by atoms with Gasteiger partial charge in [-0.3, -0.25) is 14.4 Å². The molecule has 3 aliphatic rings. The molecule has 5 heterocycles. The van der Waals surface area contributed by atoms with E-state index in [9.17, 15) is 18.8 Å². The lowest BCUT2D eigenvalue weighted by Crippen LogP contribution is -2.59. The second kappa shape index (κ2) is 13.6. The van der Waals surface area contributed by atoms with Gasteiger partial charge < -0.3 is 25.2 Å². The number of hydrogen-bond donors (Lipinski definition) is 2. The number of halogens is 2. The average molecular weight is 722 g/mol. The van der Waals surface area contributed by atoms with E-state index in [2.05, 4.69) is 20.5 Å². The van der Waals surface area contributed by atoms with E-state index in [1.165, 1.54) is 23.5 Å². The van der Waals surface area contributed by atoms with E-state index in [0.29, 0.717) is 46.2 Å². The van der Waals surface area contributed by atoms with Gasteiger partial charge in [-0.25, -0.2) is 9.37 Å². The van der Waals surface area contributed by atoms with Crippen molar-refractivity contribution in [3.05, 3.63) is 124 Å². The Morgan fingerprint density at radius 2 is 1.69 bits per heavy atom. The molecule has 2 saturated heterocycles. The van der Waals surface area contributed by atoms with Crippen molar-refractivity contribution in [1.82, 2.24) is 4.98 Å². The van der Waals surface area contributed by atoms with E-state index >= 15 is 0 Å². The van der Waals surface area contributed by atoms with Gasteiger partial charge in [-0.2, -0.15) is 0 Å². The summed E-state index contributed by atoms with van der Waals surface area (Å²) in [5, 5.41) is 5.87. The van der Waals surface area contributed by atoms with Crippen LogP contribution in [0.1, 0.15) is 48.8 Å². The second-order valence-electron chi connectivity index (χ2n) is 13.1. The fourth-order valence-corrected chi connectivity index (χ4v) is 8.46. The summed E-state index contributed by atoms with van der Waals surface area (Å²) >= 11 is 7.47. The number of pyridine rings is 1. The summed E-state index contributed by atoms with van der Waals surface area (Å²) in [5.41, 5.74) is 4.67. The molecule has 0 atom stereocenters. The molecule has 3 amide bonds. The lowest BCUT2D eigenvalue weighted by molar-refractivity contribution is -0.000510. The number of rotatable bonds is 6. The molecule has 2 N–H and O–H groups in total. The number of aromatic nitrogens is 1. The molecule has 3 aromatic carbocycles. The van der Waals surface area contributed by atoms with Crippen LogP contribution in [-0.4, -0.2) is 55.6 Å². The minimum Gasteiger partial charge on any atom is -0.381 e. The monoisotopic (exact) mass is 721 g/mol.